The summed E-state index contributed by atoms with van der Waals surface area (Å²) in [4.78, 5) is 23.2. The molecule has 9 heteroatoms. The molecule has 126 valence electrons. The zero-order valence-corrected chi connectivity index (χ0v) is 14.5. The van der Waals surface area contributed by atoms with Crippen molar-refractivity contribution < 1.29 is 8.78 Å². The van der Waals surface area contributed by atoms with Crippen LogP contribution in [0.25, 0.3) is 10.2 Å². The highest BCUT2D eigenvalue weighted by molar-refractivity contribution is 7.98. The molecule has 0 saturated carbocycles. The van der Waals surface area contributed by atoms with Gasteiger partial charge in [0.1, 0.15) is 10.7 Å². The van der Waals surface area contributed by atoms with Crippen LogP contribution in [0.5, 0.6) is 0 Å². The van der Waals surface area contributed by atoms with Crippen molar-refractivity contribution in [1.82, 2.24) is 19.1 Å². The fourth-order valence-corrected chi connectivity index (χ4v) is 5.22. The fraction of sp³-hybridized carbons (Fsp3) is 0.400. The zero-order valence-electron chi connectivity index (χ0n) is 12.8. The number of nitrogens with zero attached hydrogens (tertiary/aromatic N) is 4. The topological polar surface area (TPSA) is 52.7 Å². The third-order valence-electron chi connectivity index (χ3n) is 4.19. The number of rotatable bonds is 4. The second-order valence-electron chi connectivity index (χ2n) is 5.61. The Morgan fingerprint density at radius 1 is 1.42 bits per heavy atom. The van der Waals surface area contributed by atoms with E-state index in [1.54, 1.807) is 18.4 Å². The Morgan fingerprint density at radius 2 is 2.25 bits per heavy atom. The van der Waals surface area contributed by atoms with E-state index >= 15 is 0 Å². The summed E-state index contributed by atoms with van der Waals surface area (Å²) in [6.45, 7) is -2.62. The Labute approximate surface area is 144 Å². The first-order valence-corrected chi connectivity index (χ1v) is 9.30. The lowest BCUT2D eigenvalue weighted by atomic mass is 10.2. The number of hydrogen-bond acceptors (Lipinski definition) is 5. The van der Waals surface area contributed by atoms with Gasteiger partial charge in [-0.05, 0) is 24.8 Å². The van der Waals surface area contributed by atoms with E-state index in [2.05, 4.69) is 9.97 Å². The molecule has 0 radical (unpaired) electrons. The van der Waals surface area contributed by atoms with Crippen molar-refractivity contribution in [3.05, 3.63) is 39.0 Å². The number of fused-ring (bicyclic) bond motifs is 3. The number of imidazole rings is 1. The minimum Gasteiger partial charge on any atom is -0.290 e. The van der Waals surface area contributed by atoms with Crippen LogP contribution < -0.4 is 5.56 Å². The lowest BCUT2D eigenvalue weighted by Crippen LogP contribution is -2.20. The second-order valence-corrected chi connectivity index (χ2v) is 7.64. The van der Waals surface area contributed by atoms with Crippen LogP contribution in [0.3, 0.4) is 0 Å². The van der Waals surface area contributed by atoms with E-state index in [-0.39, 0.29) is 17.1 Å². The molecule has 0 saturated heterocycles. The maximum absolute atomic E-state index is 12.9. The second kappa shape index (κ2) is 5.96. The molecule has 3 aromatic heterocycles. The van der Waals surface area contributed by atoms with Gasteiger partial charge in [-0.3, -0.25) is 13.9 Å². The molecule has 0 fully saturated rings. The smallest absolute Gasteiger partial charge is 0.290 e. The number of thioether (sulfide) groups is 1. The van der Waals surface area contributed by atoms with E-state index in [0.717, 1.165) is 39.6 Å². The van der Waals surface area contributed by atoms with Crippen LogP contribution in [-0.2, 0) is 25.6 Å². The SMILES string of the molecule is Cn1c(SCc2nccn2C(F)F)nc2sc3c(c2c1=O)CCC3. The number of alkyl halides is 2. The largest absolute Gasteiger partial charge is 0.319 e. The minimum absolute atomic E-state index is 0.0564. The van der Waals surface area contributed by atoms with E-state index < -0.39 is 6.55 Å². The van der Waals surface area contributed by atoms with Gasteiger partial charge in [0.2, 0.25) is 0 Å². The number of aryl methyl sites for hydroxylation is 2. The molecule has 5 nitrogen and oxygen atoms in total. The van der Waals surface area contributed by atoms with Crippen LogP contribution in [-0.4, -0.2) is 19.1 Å². The molecular weight excluding hydrogens is 354 g/mol. The van der Waals surface area contributed by atoms with Crippen molar-refractivity contribution in [1.29, 1.82) is 0 Å². The summed E-state index contributed by atoms with van der Waals surface area (Å²) in [6, 6.07) is 0. The average molecular weight is 368 g/mol. The summed E-state index contributed by atoms with van der Waals surface area (Å²) in [5.41, 5.74) is 1.09. The number of hydrogen-bond donors (Lipinski definition) is 0. The molecule has 0 bridgehead atoms. The number of aromatic nitrogens is 4. The quantitative estimate of drug-likeness (QED) is 0.523. The van der Waals surface area contributed by atoms with Crippen molar-refractivity contribution in [2.75, 3.05) is 0 Å². The van der Waals surface area contributed by atoms with Gasteiger partial charge in [0, 0.05) is 24.3 Å². The van der Waals surface area contributed by atoms with Gasteiger partial charge in [-0.1, -0.05) is 11.8 Å². The molecule has 0 aliphatic heterocycles. The molecule has 0 aromatic carbocycles. The molecule has 24 heavy (non-hydrogen) atoms. The van der Waals surface area contributed by atoms with Gasteiger partial charge in [-0.2, -0.15) is 8.78 Å². The Hall–Kier alpha value is -1.74. The molecule has 0 atom stereocenters. The molecule has 3 aromatic rings. The third kappa shape index (κ3) is 2.46. The van der Waals surface area contributed by atoms with E-state index in [1.165, 1.54) is 33.6 Å². The van der Waals surface area contributed by atoms with Crippen molar-refractivity contribution >= 4 is 33.3 Å². The lowest BCUT2D eigenvalue weighted by Gasteiger charge is -2.09. The first kappa shape index (κ1) is 15.8. The summed E-state index contributed by atoms with van der Waals surface area (Å²) in [6.07, 6.45) is 5.63. The van der Waals surface area contributed by atoms with Crippen molar-refractivity contribution in [3.63, 3.8) is 0 Å². The summed E-state index contributed by atoms with van der Waals surface area (Å²) in [5, 5.41) is 1.25. The average Bonchev–Trinajstić information content (AvgIpc) is 3.23. The molecule has 4 rings (SSSR count). The first-order valence-electron chi connectivity index (χ1n) is 7.50. The molecular formula is C15H14F2N4OS2. The Morgan fingerprint density at radius 3 is 3.04 bits per heavy atom. The summed E-state index contributed by atoms with van der Waals surface area (Å²) in [7, 11) is 1.68. The van der Waals surface area contributed by atoms with Crippen molar-refractivity contribution in [2.24, 2.45) is 7.05 Å². The zero-order chi connectivity index (χ0) is 16.8. The minimum atomic E-state index is -2.62. The number of halogens is 2. The fourth-order valence-electron chi connectivity index (χ4n) is 3.00. The molecule has 0 N–H and O–H groups in total. The van der Waals surface area contributed by atoms with Gasteiger partial charge in [-0.25, -0.2) is 9.97 Å². The maximum Gasteiger partial charge on any atom is 0.319 e. The van der Waals surface area contributed by atoms with Gasteiger partial charge in [0.15, 0.2) is 5.16 Å². The van der Waals surface area contributed by atoms with Crippen LogP contribution in [0, 0.1) is 0 Å². The van der Waals surface area contributed by atoms with Crippen LogP contribution in [0.2, 0.25) is 0 Å². The number of thiophene rings is 1. The first-order chi connectivity index (χ1) is 11.6. The maximum atomic E-state index is 12.9. The molecule has 0 amide bonds. The summed E-state index contributed by atoms with van der Waals surface area (Å²) < 4.78 is 28.1. The Kier molecular flexibility index (Phi) is 3.92. The van der Waals surface area contributed by atoms with E-state index in [4.69, 9.17) is 0 Å². The Balaban J connectivity index is 1.69. The van der Waals surface area contributed by atoms with Gasteiger partial charge in [0.25, 0.3) is 5.56 Å². The van der Waals surface area contributed by atoms with E-state index in [9.17, 15) is 13.6 Å². The van der Waals surface area contributed by atoms with Gasteiger partial charge < -0.3 is 0 Å². The monoisotopic (exact) mass is 368 g/mol. The highest BCUT2D eigenvalue weighted by atomic mass is 32.2. The molecule has 3 heterocycles. The van der Waals surface area contributed by atoms with Crippen molar-refractivity contribution in [3.8, 4) is 0 Å². The molecule has 1 aliphatic rings. The van der Waals surface area contributed by atoms with E-state index in [0.29, 0.717) is 5.16 Å². The summed E-state index contributed by atoms with van der Waals surface area (Å²) >= 11 is 2.82. The predicted molar refractivity (Wildman–Crippen MR) is 89.9 cm³/mol. The summed E-state index contributed by atoms with van der Waals surface area (Å²) in [5.74, 6) is 0.492. The highest BCUT2D eigenvalue weighted by Gasteiger charge is 2.22. The van der Waals surface area contributed by atoms with Crippen LogP contribution in [0.15, 0.2) is 22.3 Å². The normalized spacial score (nSPS) is 14.0. The molecule has 1 aliphatic carbocycles. The highest BCUT2D eigenvalue weighted by Crippen LogP contribution is 2.35. The van der Waals surface area contributed by atoms with Gasteiger partial charge in [-0.15, -0.1) is 11.3 Å². The molecule has 0 spiro atoms. The lowest BCUT2D eigenvalue weighted by molar-refractivity contribution is 0.0678. The van der Waals surface area contributed by atoms with Gasteiger partial charge in [0.05, 0.1) is 11.1 Å². The predicted octanol–water partition coefficient (Wildman–Crippen LogP) is 3.37. The Bertz CT molecular complexity index is 976. The van der Waals surface area contributed by atoms with Crippen molar-refractivity contribution in [2.45, 2.75) is 36.7 Å². The van der Waals surface area contributed by atoms with Gasteiger partial charge >= 0.3 is 6.55 Å². The standard InChI is InChI=1S/C15H14F2N4OS2/c1-20-13(22)11-8-3-2-4-9(8)24-12(11)19-15(20)23-7-10-18-5-6-21(10)14(16)17/h5-6,14H,2-4,7H2,1H3. The van der Waals surface area contributed by atoms with Crippen LogP contribution >= 0.6 is 23.1 Å². The van der Waals surface area contributed by atoms with Crippen LogP contribution in [0.4, 0.5) is 8.78 Å². The van der Waals surface area contributed by atoms with Crippen LogP contribution in [0.1, 0.15) is 29.2 Å². The molecule has 0 unspecified atom stereocenters. The van der Waals surface area contributed by atoms with E-state index in [1.807, 2.05) is 0 Å². The third-order valence-corrected chi connectivity index (χ3v) is 6.41.